The van der Waals surface area contributed by atoms with Crippen LogP contribution in [0.1, 0.15) is 24.5 Å². The van der Waals surface area contributed by atoms with Gasteiger partial charge in [0, 0.05) is 17.2 Å². The van der Waals surface area contributed by atoms with Crippen LogP contribution < -0.4 is 10.5 Å². The van der Waals surface area contributed by atoms with Crippen LogP contribution in [-0.4, -0.2) is 45.5 Å². The molecule has 0 bridgehead atoms. The highest BCUT2D eigenvalue weighted by Crippen LogP contribution is 2.25. The lowest BCUT2D eigenvalue weighted by atomic mass is 10.1. The highest BCUT2D eigenvalue weighted by molar-refractivity contribution is 9.10. The highest BCUT2D eigenvalue weighted by atomic mass is 79.9. The van der Waals surface area contributed by atoms with Gasteiger partial charge in [-0.2, -0.15) is 4.98 Å². The van der Waals surface area contributed by atoms with Crippen LogP contribution in [-0.2, 0) is 4.74 Å². The van der Waals surface area contributed by atoms with Gasteiger partial charge in [-0.25, -0.2) is 4.68 Å². The van der Waals surface area contributed by atoms with Gasteiger partial charge in [-0.05, 0) is 43.5 Å². The van der Waals surface area contributed by atoms with Gasteiger partial charge < -0.3 is 9.64 Å². The second-order valence-corrected chi connectivity index (χ2v) is 7.83. The van der Waals surface area contributed by atoms with Crippen LogP contribution in [0.4, 0.5) is 5.95 Å². The third kappa shape index (κ3) is 3.27. The Labute approximate surface area is 165 Å². The van der Waals surface area contributed by atoms with Gasteiger partial charge in [0.25, 0.3) is 5.56 Å². The van der Waals surface area contributed by atoms with Crippen molar-refractivity contribution in [2.24, 2.45) is 0 Å². The summed E-state index contributed by atoms with van der Waals surface area (Å²) in [4.78, 5) is 22.4. The van der Waals surface area contributed by atoms with Crippen molar-refractivity contribution in [2.75, 3.05) is 24.7 Å². The van der Waals surface area contributed by atoms with Gasteiger partial charge in [0.2, 0.25) is 5.95 Å². The number of hydrogen-bond donors (Lipinski definition) is 1. The Morgan fingerprint density at radius 2 is 2.07 bits per heavy atom. The van der Waals surface area contributed by atoms with Crippen LogP contribution in [0.25, 0.3) is 16.7 Å². The van der Waals surface area contributed by atoms with Crippen LogP contribution in [0.3, 0.4) is 0 Å². The molecule has 3 aromatic rings. The predicted octanol–water partition coefficient (Wildman–Crippen LogP) is 3.10. The molecule has 1 unspecified atom stereocenters. The number of hydrogen-bond acceptors (Lipinski definition) is 5. The molecule has 1 atom stereocenters. The fourth-order valence-electron chi connectivity index (χ4n) is 3.69. The van der Waals surface area contributed by atoms with Crippen LogP contribution in [0.15, 0.2) is 27.6 Å². The number of ether oxygens (including phenoxy) is 1. The number of rotatable bonds is 3. The molecular formula is C19H22BrN5O2. The zero-order chi connectivity index (χ0) is 19.1. The minimum Gasteiger partial charge on any atom is -0.377 e. The maximum Gasteiger partial charge on any atom is 0.263 e. The van der Waals surface area contributed by atoms with E-state index in [-0.39, 0.29) is 11.6 Å². The molecule has 1 fully saturated rings. The standard InChI is InChI=1S/C19H22BrN5O2/c1-4-14-10-27-6-5-24(14)19-21-17-15(18(26)22-19)9-25(23-17)16-11(2)7-13(20)8-12(16)3/h7-9,14H,4-6,10H2,1-3H3,(H,21,22,23,26). The lowest BCUT2D eigenvalue weighted by Gasteiger charge is -2.35. The van der Waals surface area contributed by atoms with Crippen molar-refractivity contribution in [2.45, 2.75) is 33.2 Å². The predicted molar refractivity (Wildman–Crippen MR) is 109 cm³/mol. The summed E-state index contributed by atoms with van der Waals surface area (Å²) in [6.07, 6.45) is 2.68. The number of nitrogens with zero attached hydrogens (tertiary/aromatic N) is 4. The number of nitrogens with one attached hydrogen (secondary N) is 1. The van der Waals surface area contributed by atoms with Gasteiger partial charge in [0.05, 0.1) is 24.9 Å². The summed E-state index contributed by atoms with van der Waals surface area (Å²) in [6.45, 7) is 8.15. The van der Waals surface area contributed by atoms with E-state index in [1.807, 2.05) is 26.0 Å². The first kappa shape index (κ1) is 18.2. The molecule has 1 aliphatic rings. The summed E-state index contributed by atoms with van der Waals surface area (Å²) in [5.41, 5.74) is 3.40. The van der Waals surface area contributed by atoms with E-state index in [0.717, 1.165) is 27.7 Å². The van der Waals surface area contributed by atoms with Crippen LogP contribution in [0, 0.1) is 13.8 Å². The largest absolute Gasteiger partial charge is 0.377 e. The van der Waals surface area contributed by atoms with Crippen molar-refractivity contribution in [3.8, 4) is 5.69 Å². The highest BCUT2D eigenvalue weighted by Gasteiger charge is 2.24. The van der Waals surface area contributed by atoms with Gasteiger partial charge in [0.15, 0.2) is 5.65 Å². The van der Waals surface area contributed by atoms with E-state index in [9.17, 15) is 4.79 Å². The Balaban J connectivity index is 1.82. The maximum atomic E-state index is 12.7. The molecule has 2 aromatic heterocycles. The Hall–Kier alpha value is -2.19. The molecule has 0 amide bonds. The summed E-state index contributed by atoms with van der Waals surface area (Å²) in [5.74, 6) is 0.567. The minimum atomic E-state index is -0.171. The summed E-state index contributed by atoms with van der Waals surface area (Å²) >= 11 is 3.52. The Kier molecular flexibility index (Phi) is 4.77. The first-order valence-corrected chi connectivity index (χ1v) is 9.88. The van der Waals surface area contributed by atoms with Crippen molar-refractivity contribution < 1.29 is 4.74 Å². The first-order chi connectivity index (χ1) is 13.0. The van der Waals surface area contributed by atoms with Crippen molar-refractivity contribution in [3.63, 3.8) is 0 Å². The van der Waals surface area contributed by atoms with Crippen LogP contribution in [0.2, 0.25) is 0 Å². The molecule has 1 N–H and O–H groups in total. The number of aromatic nitrogens is 4. The fourth-order valence-corrected chi connectivity index (χ4v) is 4.38. The second kappa shape index (κ2) is 7.09. The number of H-pyrrole nitrogens is 1. The third-order valence-corrected chi connectivity index (χ3v) is 5.49. The van der Waals surface area contributed by atoms with Crippen molar-refractivity contribution in [3.05, 3.63) is 44.3 Å². The number of aromatic amines is 1. The summed E-state index contributed by atoms with van der Waals surface area (Å²) in [7, 11) is 0. The zero-order valence-electron chi connectivity index (χ0n) is 15.6. The molecule has 8 heteroatoms. The van der Waals surface area contributed by atoms with E-state index in [4.69, 9.17) is 4.74 Å². The van der Waals surface area contributed by atoms with Gasteiger partial charge in [0.1, 0.15) is 5.39 Å². The minimum absolute atomic E-state index is 0.171. The molecule has 1 saturated heterocycles. The average molecular weight is 432 g/mol. The number of anilines is 1. The second-order valence-electron chi connectivity index (χ2n) is 6.92. The topological polar surface area (TPSA) is 76.0 Å². The number of aryl methyl sites for hydroxylation is 2. The lowest BCUT2D eigenvalue weighted by Crippen LogP contribution is -2.46. The monoisotopic (exact) mass is 431 g/mol. The van der Waals surface area contributed by atoms with Gasteiger partial charge >= 0.3 is 0 Å². The van der Waals surface area contributed by atoms with Crippen molar-refractivity contribution >= 4 is 32.9 Å². The summed E-state index contributed by atoms with van der Waals surface area (Å²) in [6, 6.07) is 4.28. The normalized spacial score (nSPS) is 17.6. The molecule has 0 aliphatic carbocycles. The molecule has 4 rings (SSSR count). The Bertz CT molecular complexity index is 1030. The SMILES string of the molecule is CCC1COCCN1c1nc2nn(-c3c(C)cc(Br)cc3C)cc2c(=O)[nH]1. The van der Waals surface area contributed by atoms with E-state index >= 15 is 0 Å². The molecule has 7 nitrogen and oxygen atoms in total. The molecule has 0 radical (unpaired) electrons. The van der Waals surface area contributed by atoms with Crippen molar-refractivity contribution in [1.82, 2.24) is 19.7 Å². The molecule has 142 valence electrons. The Morgan fingerprint density at radius 3 is 2.78 bits per heavy atom. The molecule has 0 spiro atoms. The molecular weight excluding hydrogens is 410 g/mol. The average Bonchev–Trinajstić information content (AvgIpc) is 3.05. The van der Waals surface area contributed by atoms with Gasteiger partial charge in [-0.15, -0.1) is 5.10 Å². The smallest absolute Gasteiger partial charge is 0.263 e. The summed E-state index contributed by atoms with van der Waals surface area (Å²) < 4.78 is 8.33. The van der Waals surface area contributed by atoms with E-state index in [1.165, 1.54) is 0 Å². The quantitative estimate of drug-likeness (QED) is 0.689. The Morgan fingerprint density at radius 1 is 1.33 bits per heavy atom. The van der Waals surface area contributed by atoms with E-state index < -0.39 is 0 Å². The van der Waals surface area contributed by atoms with E-state index in [1.54, 1.807) is 10.9 Å². The fraction of sp³-hybridized carbons (Fsp3) is 0.421. The third-order valence-electron chi connectivity index (χ3n) is 5.03. The van der Waals surface area contributed by atoms with Crippen LogP contribution in [0.5, 0.6) is 0 Å². The van der Waals surface area contributed by atoms with Gasteiger partial charge in [-0.3, -0.25) is 9.78 Å². The molecule has 3 heterocycles. The van der Waals surface area contributed by atoms with Gasteiger partial charge in [-0.1, -0.05) is 22.9 Å². The maximum absolute atomic E-state index is 12.7. The van der Waals surface area contributed by atoms with Crippen LogP contribution >= 0.6 is 15.9 Å². The molecule has 1 aliphatic heterocycles. The zero-order valence-corrected chi connectivity index (χ0v) is 17.2. The van der Waals surface area contributed by atoms with E-state index in [0.29, 0.717) is 36.7 Å². The number of morpholine rings is 1. The number of benzene rings is 1. The van der Waals surface area contributed by atoms with E-state index in [2.05, 4.69) is 42.8 Å². The molecule has 27 heavy (non-hydrogen) atoms. The summed E-state index contributed by atoms with van der Waals surface area (Å²) in [5, 5.41) is 5.10. The number of fused-ring (bicyclic) bond motifs is 1. The lowest BCUT2D eigenvalue weighted by molar-refractivity contribution is 0.0921. The molecule has 1 aromatic carbocycles. The first-order valence-electron chi connectivity index (χ1n) is 9.09. The molecule has 0 saturated carbocycles. The van der Waals surface area contributed by atoms with Crippen molar-refractivity contribution in [1.29, 1.82) is 0 Å². The number of halogens is 1.